The fourth-order valence-electron chi connectivity index (χ4n) is 1.94. The van der Waals surface area contributed by atoms with E-state index in [-0.39, 0.29) is 6.04 Å². The van der Waals surface area contributed by atoms with Crippen LogP contribution in [0.5, 0.6) is 0 Å². The summed E-state index contributed by atoms with van der Waals surface area (Å²) in [6, 6.07) is 11.9. The Bertz CT molecular complexity index is 575. The molecular weight excluding hydrogens is 295 g/mol. The molecule has 0 bridgehead atoms. The summed E-state index contributed by atoms with van der Waals surface area (Å²) in [6.45, 7) is 2.09. The Hall–Kier alpha value is -1.49. The van der Waals surface area contributed by atoms with E-state index in [2.05, 4.69) is 34.8 Å². The van der Waals surface area contributed by atoms with Crippen LogP contribution in [0.1, 0.15) is 24.9 Å². The lowest BCUT2D eigenvalue weighted by Gasteiger charge is -2.19. The van der Waals surface area contributed by atoms with Gasteiger partial charge in [-0.25, -0.2) is 10.8 Å². The van der Waals surface area contributed by atoms with Crippen LogP contribution in [0, 0.1) is 0 Å². The zero-order valence-corrected chi connectivity index (χ0v) is 12.5. The highest BCUT2D eigenvalue weighted by Gasteiger charge is 2.14. The van der Waals surface area contributed by atoms with Crippen LogP contribution in [-0.2, 0) is 0 Å². The summed E-state index contributed by atoms with van der Waals surface area (Å²) in [5, 5.41) is 4.16. The number of nitrogen functional groups attached to an aromatic ring is 1. The molecule has 0 amide bonds. The van der Waals surface area contributed by atoms with Gasteiger partial charge in [0.05, 0.1) is 16.1 Å². The molecule has 0 aliphatic rings. The molecule has 2 aromatic rings. The Morgan fingerprint density at radius 1 is 1.15 bits per heavy atom. The minimum absolute atomic E-state index is 0.119. The van der Waals surface area contributed by atoms with Gasteiger partial charge in [-0.2, -0.15) is 0 Å². The second kappa shape index (κ2) is 6.79. The summed E-state index contributed by atoms with van der Waals surface area (Å²) in [5.41, 5.74) is 3.62. The van der Waals surface area contributed by atoms with Crippen molar-refractivity contribution in [2.45, 2.75) is 19.4 Å². The molecule has 4 N–H and O–H groups in total. The SMILES string of the molecule is CCC(Nc1nc(NN)c(Cl)cc1Cl)c1ccccc1. The molecule has 0 fully saturated rings. The maximum Gasteiger partial charge on any atom is 0.161 e. The molecule has 0 spiro atoms. The first-order valence-electron chi connectivity index (χ1n) is 6.29. The second-order valence-corrected chi connectivity index (χ2v) is 5.12. The molecule has 1 unspecified atom stereocenters. The Morgan fingerprint density at radius 3 is 2.40 bits per heavy atom. The molecule has 1 heterocycles. The highest BCUT2D eigenvalue weighted by Crippen LogP contribution is 2.31. The lowest BCUT2D eigenvalue weighted by atomic mass is 10.0. The van der Waals surface area contributed by atoms with Crippen molar-refractivity contribution in [1.82, 2.24) is 4.98 Å². The van der Waals surface area contributed by atoms with Crippen molar-refractivity contribution in [2.24, 2.45) is 5.84 Å². The molecule has 0 aliphatic carbocycles. The number of nitrogens with one attached hydrogen (secondary N) is 2. The third kappa shape index (κ3) is 3.33. The minimum atomic E-state index is 0.119. The lowest BCUT2D eigenvalue weighted by Crippen LogP contribution is -2.14. The number of halogens is 2. The quantitative estimate of drug-likeness (QED) is 0.571. The molecule has 1 aromatic carbocycles. The van der Waals surface area contributed by atoms with Crippen molar-refractivity contribution in [3.05, 3.63) is 52.0 Å². The Balaban J connectivity index is 2.28. The van der Waals surface area contributed by atoms with E-state index < -0.39 is 0 Å². The molecule has 1 aromatic heterocycles. The first kappa shape index (κ1) is 14.9. The van der Waals surface area contributed by atoms with Gasteiger partial charge < -0.3 is 10.7 Å². The second-order valence-electron chi connectivity index (χ2n) is 4.31. The molecule has 20 heavy (non-hydrogen) atoms. The van der Waals surface area contributed by atoms with Gasteiger partial charge in [0.2, 0.25) is 0 Å². The average Bonchev–Trinajstić information content (AvgIpc) is 2.47. The van der Waals surface area contributed by atoms with Gasteiger partial charge in [-0.15, -0.1) is 0 Å². The van der Waals surface area contributed by atoms with E-state index in [0.717, 1.165) is 6.42 Å². The monoisotopic (exact) mass is 310 g/mol. The topological polar surface area (TPSA) is 63.0 Å². The molecule has 1 atom stereocenters. The van der Waals surface area contributed by atoms with E-state index in [1.807, 2.05) is 18.2 Å². The van der Waals surface area contributed by atoms with Crippen LogP contribution < -0.4 is 16.6 Å². The van der Waals surface area contributed by atoms with Crippen LogP contribution in [0.3, 0.4) is 0 Å². The maximum absolute atomic E-state index is 6.17. The number of nitrogens with zero attached hydrogens (tertiary/aromatic N) is 1. The van der Waals surface area contributed by atoms with Gasteiger partial charge in [0, 0.05) is 0 Å². The fraction of sp³-hybridized carbons (Fsp3) is 0.214. The summed E-state index contributed by atoms with van der Waals surface area (Å²) in [5.74, 6) is 6.32. The van der Waals surface area contributed by atoms with Crippen LogP contribution in [-0.4, -0.2) is 4.98 Å². The molecule has 106 valence electrons. The average molecular weight is 311 g/mol. The van der Waals surface area contributed by atoms with E-state index in [4.69, 9.17) is 29.0 Å². The van der Waals surface area contributed by atoms with Crippen molar-refractivity contribution in [1.29, 1.82) is 0 Å². The zero-order valence-electron chi connectivity index (χ0n) is 11.0. The third-order valence-corrected chi connectivity index (χ3v) is 3.56. The van der Waals surface area contributed by atoms with Crippen molar-refractivity contribution in [2.75, 3.05) is 10.7 Å². The number of benzene rings is 1. The molecule has 2 rings (SSSR count). The number of hydrogen-bond donors (Lipinski definition) is 3. The number of aromatic nitrogens is 1. The fourth-order valence-corrected chi connectivity index (χ4v) is 2.41. The van der Waals surface area contributed by atoms with Crippen LogP contribution >= 0.6 is 23.2 Å². The van der Waals surface area contributed by atoms with Gasteiger partial charge in [0.25, 0.3) is 0 Å². The van der Waals surface area contributed by atoms with Crippen LogP contribution in [0.2, 0.25) is 10.0 Å². The van der Waals surface area contributed by atoms with E-state index >= 15 is 0 Å². The first-order valence-corrected chi connectivity index (χ1v) is 7.05. The summed E-state index contributed by atoms with van der Waals surface area (Å²) in [7, 11) is 0. The minimum Gasteiger partial charge on any atom is -0.362 e. The van der Waals surface area contributed by atoms with Crippen molar-refractivity contribution in [3.8, 4) is 0 Å². The number of hydrogen-bond acceptors (Lipinski definition) is 4. The van der Waals surface area contributed by atoms with Crippen LogP contribution in [0.25, 0.3) is 0 Å². The third-order valence-electron chi connectivity index (χ3n) is 2.99. The van der Waals surface area contributed by atoms with Crippen molar-refractivity contribution >= 4 is 34.8 Å². The first-order chi connectivity index (χ1) is 9.65. The highest BCUT2D eigenvalue weighted by molar-refractivity contribution is 6.37. The molecule has 0 radical (unpaired) electrons. The number of rotatable bonds is 5. The highest BCUT2D eigenvalue weighted by atomic mass is 35.5. The van der Waals surface area contributed by atoms with Gasteiger partial charge in [0.15, 0.2) is 5.82 Å². The zero-order chi connectivity index (χ0) is 14.5. The van der Waals surface area contributed by atoms with E-state index in [0.29, 0.717) is 21.7 Å². The predicted octanol–water partition coefficient (Wildman–Crippen LogP) is 4.24. The van der Waals surface area contributed by atoms with Gasteiger partial charge in [-0.05, 0) is 18.1 Å². The summed E-state index contributed by atoms with van der Waals surface area (Å²) in [6.07, 6.45) is 0.899. The van der Waals surface area contributed by atoms with Crippen LogP contribution in [0.4, 0.5) is 11.6 Å². The maximum atomic E-state index is 6.17. The number of anilines is 2. The van der Waals surface area contributed by atoms with Gasteiger partial charge >= 0.3 is 0 Å². The number of hydrazine groups is 1. The smallest absolute Gasteiger partial charge is 0.161 e. The van der Waals surface area contributed by atoms with Gasteiger partial charge in [-0.3, -0.25) is 0 Å². The van der Waals surface area contributed by atoms with Gasteiger partial charge in [-0.1, -0.05) is 60.5 Å². The standard InChI is InChI=1S/C14H16Cl2N4/c1-2-12(9-6-4-3-5-7-9)18-13-10(15)8-11(16)14(19-13)20-17/h3-8,12H,2,17H2,1H3,(H2,18,19,20). The van der Waals surface area contributed by atoms with Gasteiger partial charge in [0.1, 0.15) is 5.82 Å². The summed E-state index contributed by atoms with van der Waals surface area (Å²) < 4.78 is 0. The molecular formula is C14H16Cl2N4. The number of nitrogens with two attached hydrogens (primary N) is 1. The number of pyridine rings is 1. The molecule has 6 heteroatoms. The van der Waals surface area contributed by atoms with E-state index in [1.54, 1.807) is 6.07 Å². The van der Waals surface area contributed by atoms with Crippen LogP contribution in [0.15, 0.2) is 36.4 Å². The molecule has 0 aliphatic heterocycles. The van der Waals surface area contributed by atoms with E-state index in [1.165, 1.54) is 5.56 Å². The predicted molar refractivity (Wildman–Crippen MR) is 85.2 cm³/mol. The summed E-state index contributed by atoms with van der Waals surface area (Å²) >= 11 is 12.1. The largest absolute Gasteiger partial charge is 0.362 e. The lowest BCUT2D eigenvalue weighted by molar-refractivity contribution is 0.745. The molecule has 0 saturated carbocycles. The van der Waals surface area contributed by atoms with Crippen molar-refractivity contribution < 1.29 is 0 Å². The molecule has 4 nitrogen and oxygen atoms in total. The van der Waals surface area contributed by atoms with Crippen molar-refractivity contribution in [3.63, 3.8) is 0 Å². The Labute approximate surface area is 128 Å². The van der Waals surface area contributed by atoms with E-state index in [9.17, 15) is 0 Å². The normalized spacial score (nSPS) is 12.0. The summed E-state index contributed by atoms with van der Waals surface area (Å²) in [4.78, 5) is 4.29. The molecule has 0 saturated heterocycles. The Morgan fingerprint density at radius 2 is 1.80 bits per heavy atom. The Kier molecular flexibility index (Phi) is 5.06.